The number of hydrogen-bond donors (Lipinski definition) is 0. The molecule has 0 aromatic rings. The van der Waals surface area contributed by atoms with E-state index in [0.29, 0.717) is 11.8 Å². The number of carbonyl (C=O) groups excluding carboxylic acids is 1. The van der Waals surface area contributed by atoms with E-state index < -0.39 is 0 Å². The summed E-state index contributed by atoms with van der Waals surface area (Å²) in [4.78, 5) is 16.3. The quantitative estimate of drug-likeness (QED) is 0.768. The zero-order valence-electron chi connectivity index (χ0n) is 12.2. The molecule has 0 aromatic heterocycles. The first-order valence-corrected chi connectivity index (χ1v) is 7.44. The van der Waals surface area contributed by atoms with Crippen LogP contribution in [0.15, 0.2) is 0 Å². The molecule has 1 unspecified atom stereocenters. The summed E-state index contributed by atoms with van der Waals surface area (Å²) in [5.41, 5.74) is 0. The molecule has 1 saturated heterocycles. The molecule has 104 valence electrons. The highest BCUT2D eigenvalue weighted by atomic mass is 16.1. The van der Waals surface area contributed by atoms with Crippen molar-refractivity contribution in [2.24, 2.45) is 11.8 Å². The van der Waals surface area contributed by atoms with E-state index in [1.165, 1.54) is 25.9 Å². The standard InChI is InChI=1S/C15H28N2O/c1-16(2)15(12-4-6-14(18)7-5-12)13-8-10-17(3)11-9-13/h12-13,15H,4-11H2,1-3H3. The van der Waals surface area contributed by atoms with Gasteiger partial charge in [0, 0.05) is 18.9 Å². The number of ketones is 1. The molecule has 2 fully saturated rings. The number of nitrogens with zero attached hydrogens (tertiary/aromatic N) is 2. The third-order valence-electron chi connectivity index (χ3n) is 4.91. The van der Waals surface area contributed by atoms with Crippen LogP contribution in [0.2, 0.25) is 0 Å². The van der Waals surface area contributed by atoms with Gasteiger partial charge in [0.25, 0.3) is 0 Å². The van der Waals surface area contributed by atoms with Gasteiger partial charge in [0.1, 0.15) is 5.78 Å². The highest BCUT2D eigenvalue weighted by Crippen LogP contribution is 2.34. The average Bonchev–Trinajstić information content (AvgIpc) is 2.34. The van der Waals surface area contributed by atoms with Crippen LogP contribution in [0.1, 0.15) is 38.5 Å². The van der Waals surface area contributed by atoms with Crippen molar-refractivity contribution in [1.82, 2.24) is 9.80 Å². The molecule has 0 aromatic carbocycles. The maximum absolute atomic E-state index is 11.4. The van der Waals surface area contributed by atoms with Gasteiger partial charge < -0.3 is 9.80 Å². The van der Waals surface area contributed by atoms with Crippen molar-refractivity contribution in [1.29, 1.82) is 0 Å². The van der Waals surface area contributed by atoms with Gasteiger partial charge in [-0.3, -0.25) is 4.79 Å². The molecule has 2 aliphatic rings. The summed E-state index contributed by atoms with van der Waals surface area (Å²) < 4.78 is 0. The lowest BCUT2D eigenvalue weighted by Gasteiger charge is -2.43. The first kappa shape index (κ1) is 14.0. The van der Waals surface area contributed by atoms with E-state index in [0.717, 1.165) is 37.5 Å². The Bertz CT molecular complexity index is 272. The van der Waals surface area contributed by atoms with Crippen LogP contribution >= 0.6 is 0 Å². The van der Waals surface area contributed by atoms with Crippen LogP contribution in [0, 0.1) is 11.8 Å². The fourth-order valence-electron chi connectivity index (χ4n) is 3.90. The number of rotatable bonds is 3. The van der Waals surface area contributed by atoms with Crippen molar-refractivity contribution in [2.75, 3.05) is 34.2 Å². The van der Waals surface area contributed by atoms with E-state index in [-0.39, 0.29) is 0 Å². The van der Waals surface area contributed by atoms with Gasteiger partial charge in [-0.15, -0.1) is 0 Å². The Morgan fingerprint density at radius 1 is 1.06 bits per heavy atom. The third kappa shape index (κ3) is 3.33. The lowest BCUT2D eigenvalue weighted by molar-refractivity contribution is -0.121. The molecule has 0 radical (unpaired) electrons. The number of carbonyl (C=O) groups is 1. The van der Waals surface area contributed by atoms with Gasteiger partial charge >= 0.3 is 0 Å². The SMILES string of the molecule is CN1CCC(C(C2CCC(=O)CC2)N(C)C)CC1. The van der Waals surface area contributed by atoms with Crippen molar-refractivity contribution < 1.29 is 4.79 Å². The van der Waals surface area contributed by atoms with Crippen LogP contribution in [-0.4, -0.2) is 55.9 Å². The van der Waals surface area contributed by atoms with Crippen molar-refractivity contribution >= 4 is 5.78 Å². The lowest BCUT2D eigenvalue weighted by Crippen LogP contribution is -2.46. The minimum Gasteiger partial charge on any atom is -0.306 e. The van der Waals surface area contributed by atoms with Crippen molar-refractivity contribution in [2.45, 2.75) is 44.6 Å². The summed E-state index contributed by atoms with van der Waals surface area (Å²) >= 11 is 0. The smallest absolute Gasteiger partial charge is 0.132 e. The Labute approximate surface area is 112 Å². The van der Waals surface area contributed by atoms with Crippen molar-refractivity contribution in [3.8, 4) is 0 Å². The number of Topliss-reactive ketones (excluding diaryl/α,β-unsaturated/α-hetero) is 1. The number of likely N-dealkylation sites (tertiary alicyclic amines) is 1. The molecule has 3 nitrogen and oxygen atoms in total. The fraction of sp³-hybridized carbons (Fsp3) is 0.933. The Balaban J connectivity index is 1.97. The van der Waals surface area contributed by atoms with Crippen LogP contribution < -0.4 is 0 Å². The number of hydrogen-bond acceptors (Lipinski definition) is 3. The Kier molecular flexibility index (Phi) is 4.79. The Morgan fingerprint density at radius 3 is 2.06 bits per heavy atom. The van der Waals surface area contributed by atoms with Crippen molar-refractivity contribution in [3.05, 3.63) is 0 Å². The predicted molar refractivity (Wildman–Crippen MR) is 74.7 cm³/mol. The topological polar surface area (TPSA) is 23.6 Å². The van der Waals surface area contributed by atoms with Gasteiger partial charge in [-0.1, -0.05) is 0 Å². The molecule has 1 saturated carbocycles. The Hall–Kier alpha value is -0.410. The lowest BCUT2D eigenvalue weighted by atomic mass is 9.75. The minimum atomic E-state index is 0.479. The largest absolute Gasteiger partial charge is 0.306 e. The number of piperidine rings is 1. The predicted octanol–water partition coefficient (Wildman–Crippen LogP) is 2.02. The van der Waals surface area contributed by atoms with E-state index in [1.807, 2.05) is 0 Å². The molecular formula is C15H28N2O. The second kappa shape index (κ2) is 6.16. The molecule has 0 spiro atoms. The molecular weight excluding hydrogens is 224 g/mol. The third-order valence-corrected chi connectivity index (χ3v) is 4.91. The summed E-state index contributed by atoms with van der Waals surface area (Å²) in [5, 5.41) is 0. The molecule has 0 amide bonds. The normalized spacial score (nSPS) is 26.8. The molecule has 1 aliphatic carbocycles. The van der Waals surface area contributed by atoms with E-state index in [9.17, 15) is 4.79 Å². The van der Waals surface area contributed by atoms with Crippen LogP contribution in [0.5, 0.6) is 0 Å². The van der Waals surface area contributed by atoms with E-state index in [2.05, 4.69) is 30.9 Å². The highest BCUT2D eigenvalue weighted by molar-refractivity contribution is 5.79. The second-order valence-electron chi connectivity index (χ2n) is 6.47. The Morgan fingerprint density at radius 2 is 1.56 bits per heavy atom. The average molecular weight is 252 g/mol. The molecule has 2 rings (SSSR count). The summed E-state index contributed by atoms with van der Waals surface area (Å²) in [7, 11) is 6.67. The van der Waals surface area contributed by atoms with Gasteiger partial charge in [-0.25, -0.2) is 0 Å². The first-order chi connectivity index (χ1) is 8.58. The monoisotopic (exact) mass is 252 g/mol. The summed E-state index contributed by atoms with van der Waals surface area (Å²) in [6.45, 7) is 2.47. The van der Waals surface area contributed by atoms with Crippen LogP contribution in [0.25, 0.3) is 0 Å². The van der Waals surface area contributed by atoms with E-state index >= 15 is 0 Å². The van der Waals surface area contributed by atoms with E-state index in [1.54, 1.807) is 0 Å². The van der Waals surface area contributed by atoms with Gasteiger partial charge in [-0.05, 0) is 71.8 Å². The molecule has 1 atom stereocenters. The fourth-order valence-corrected chi connectivity index (χ4v) is 3.90. The molecule has 0 N–H and O–H groups in total. The summed E-state index contributed by atoms with van der Waals surface area (Å²) in [5.74, 6) is 2.05. The summed E-state index contributed by atoms with van der Waals surface area (Å²) in [6.07, 6.45) is 6.53. The maximum atomic E-state index is 11.4. The summed E-state index contributed by atoms with van der Waals surface area (Å²) in [6, 6.07) is 0.687. The van der Waals surface area contributed by atoms with Crippen LogP contribution in [0.4, 0.5) is 0 Å². The van der Waals surface area contributed by atoms with Gasteiger partial charge in [0.05, 0.1) is 0 Å². The van der Waals surface area contributed by atoms with Gasteiger partial charge in [0.2, 0.25) is 0 Å². The second-order valence-corrected chi connectivity index (χ2v) is 6.47. The van der Waals surface area contributed by atoms with Gasteiger partial charge in [0.15, 0.2) is 0 Å². The molecule has 0 bridgehead atoms. The molecule has 3 heteroatoms. The molecule has 1 aliphatic heterocycles. The first-order valence-electron chi connectivity index (χ1n) is 7.44. The molecule has 18 heavy (non-hydrogen) atoms. The van der Waals surface area contributed by atoms with Crippen LogP contribution in [-0.2, 0) is 4.79 Å². The van der Waals surface area contributed by atoms with Gasteiger partial charge in [-0.2, -0.15) is 0 Å². The van der Waals surface area contributed by atoms with Crippen molar-refractivity contribution in [3.63, 3.8) is 0 Å². The highest BCUT2D eigenvalue weighted by Gasteiger charge is 2.34. The molecule has 1 heterocycles. The minimum absolute atomic E-state index is 0.479. The zero-order valence-corrected chi connectivity index (χ0v) is 12.2. The van der Waals surface area contributed by atoms with Crippen LogP contribution in [0.3, 0.4) is 0 Å². The van der Waals surface area contributed by atoms with E-state index in [4.69, 9.17) is 0 Å². The zero-order chi connectivity index (χ0) is 13.1. The maximum Gasteiger partial charge on any atom is 0.132 e.